The lowest BCUT2D eigenvalue weighted by molar-refractivity contribution is 0.0968. The summed E-state index contributed by atoms with van der Waals surface area (Å²) in [5, 5.41) is 0. The molecule has 1 aliphatic heterocycles. The molecule has 1 fully saturated rings. The van der Waals surface area contributed by atoms with E-state index >= 15 is 0 Å². The molecule has 0 aliphatic carbocycles. The van der Waals surface area contributed by atoms with Crippen LogP contribution in [-0.2, 0) is 4.74 Å². The van der Waals surface area contributed by atoms with E-state index in [2.05, 4.69) is 27.8 Å². The normalized spacial score (nSPS) is 23.9. The zero-order valence-electron chi connectivity index (χ0n) is 10.1. The van der Waals surface area contributed by atoms with Crippen LogP contribution in [0.1, 0.15) is 31.6 Å². The Kier molecular flexibility index (Phi) is 3.03. The molecule has 0 bridgehead atoms. The van der Waals surface area contributed by atoms with Gasteiger partial charge in [-0.25, -0.2) is 4.98 Å². The number of hydrogen-bond acceptors (Lipinski definition) is 4. The number of ether oxygens (including phenoxy) is 1. The fourth-order valence-electron chi connectivity index (χ4n) is 2.53. The van der Waals surface area contributed by atoms with Crippen molar-refractivity contribution in [2.24, 2.45) is 0 Å². The van der Waals surface area contributed by atoms with Gasteiger partial charge in [-0.05, 0) is 25.0 Å². The Balaban J connectivity index is 2.05. The van der Waals surface area contributed by atoms with Crippen LogP contribution in [0.2, 0.25) is 0 Å². The summed E-state index contributed by atoms with van der Waals surface area (Å²) in [6, 6.07) is 3.76. The minimum absolute atomic E-state index is 0.211. The van der Waals surface area contributed by atoms with Crippen molar-refractivity contribution in [3.05, 3.63) is 22.5 Å². The maximum Gasteiger partial charge on any atom is 0.201 e. The maximum absolute atomic E-state index is 5.94. The van der Waals surface area contributed by atoms with Crippen LogP contribution in [0.5, 0.6) is 0 Å². The van der Waals surface area contributed by atoms with Crippen LogP contribution in [0.25, 0.3) is 11.1 Å². The zero-order chi connectivity index (χ0) is 12.7. The Morgan fingerprint density at radius 3 is 3.11 bits per heavy atom. The summed E-state index contributed by atoms with van der Waals surface area (Å²) >= 11 is 3.42. The number of fused-ring (bicyclic) bond motifs is 1. The van der Waals surface area contributed by atoms with Crippen molar-refractivity contribution in [2.75, 3.05) is 12.3 Å². The number of benzene rings is 1. The zero-order valence-corrected chi connectivity index (χ0v) is 11.7. The highest BCUT2D eigenvalue weighted by atomic mass is 79.9. The van der Waals surface area contributed by atoms with Gasteiger partial charge >= 0.3 is 0 Å². The van der Waals surface area contributed by atoms with Gasteiger partial charge in [0, 0.05) is 11.1 Å². The van der Waals surface area contributed by atoms with Crippen LogP contribution in [0.15, 0.2) is 21.0 Å². The smallest absolute Gasteiger partial charge is 0.201 e. The van der Waals surface area contributed by atoms with Gasteiger partial charge in [0.1, 0.15) is 5.52 Å². The summed E-state index contributed by atoms with van der Waals surface area (Å²) in [6.45, 7) is 2.90. The molecule has 1 aromatic carbocycles. The Bertz CT molecular complexity index is 582. The number of nitrogen functional groups attached to an aromatic ring is 1. The van der Waals surface area contributed by atoms with Crippen LogP contribution in [0.4, 0.5) is 5.69 Å². The van der Waals surface area contributed by atoms with Crippen molar-refractivity contribution in [2.45, 2.75) is 31.8 Å². The van der Waals surface area contributed by atoms with Crippen molar-refractivity contribution >= 4 is 32.7 Å². The Hall–Kier alpha value is -1.07. The lowest BCUT2D eigenvalue weighted by Gasteiger charge is -2.12. The molecule has 2 atom stereocenters. The van der Waals surface area contributed by atoms with Gasteiger partial charge in [-0.15, -0.1) is 0 Å². The fourth-order valence-corrected chi connectivity index (χ4v) is 3.00. The van der Waals surface area contributed by atoms with Gasteiger partial charge in [-0.2, -0.15) is 0 Å². The molecule has 2 N–H and O–H groups in total. The van der Waals surface area contributed by atoms with Gasteiger partial charge in [-0.1, -0.05) is 22.9 Å². The number of hydrogen-bond donors (Lipinski definition) is 1. The van der Waals surface area contributed by atoms with E-state index < -0.39 is 0 Å². The molecule has 1 aliphatic rings. The molecule has 4 nitrogen and oxygen atoms in total. The average molecular weight is 311 g/mol. The topological polar surface area (TPSA) is 61.3 Å². The van der Waals surface area contributed by atoms with E-state index in [1.807, 2.05) is 12.1 Å². The number of aromatic nitrogens is 1. The SMILES string of the molecule is CCC1OCCC1c1nc2cc(Br)cc(N)c2o1. The summed E-state index contributed by atoms with van der Waals surface area (Å²) < 4.78 is 12.4. The number of halogens is 1. The number of anilines is 1. The van der Waals surface area contributed by atoms with Crippen LogP contribution in [0.3, 0.4) is 0 Å². The summed E-state index contributed by atoms with van der Waals surface area (Å²) in [5.74, 6) is 1.000. The van der Waals surface area contributed by atoms with E-state index in [9.17, 15) is 0 Å². The van der Waals surface area contributed by atoms with Crippen molar-refractivity contribution in [3.8, 4) is 0 Å². The molecule has 0 amide bonds. The Labute approximate surface area is 114 Å². The van der Waals surface area contributed by atoms with Crippen molar-refractivity contribution in [3.63, 3.8) is 0 Å². The number of nitrogens with zero attached hydrogens (tertiary/aromatic N) is 1. The quantitative estimate of drug-likeness (QED) is 0.863. The summed E-state index contributed by atoms with van der Waals surface area (Å²) in [7, 11) is 0. The van der Waals surface area contributed by atoms with Gasteiger partial charge in [0.25, 0.3) is 0 Å². The second-order valence-electron chi connectivity index (χ2n) is 4.61. The van der Waals surface area contributed by atoms with Gasteiger partial charge < -0.3 is 14.9 Å². The predicted octanol–water partition coefficient (Wildman–Crippen LogP) is 3.46. The van der Waals surface area contributed by atoms with Gasteiger partial charge in [0.2, 0.25) is 5.89 Å². The van der Waals surface area contributed by atoms with Crippen molar-refractivity contribution in [1.29, 1.82) is 0 Å². The monoisotopic (exact) mass is 310 g/mol. The molecule has 2 unspecified atom stereocenters. The first-order chi connectivity index (χ1) is 8.69. The second-order valence-corrected chi connectivity index (χ2v) is 5.52. The van der Waals surface area contributed by atoms with E-state index in [1.165, 1.54) is 0 Å². The van der Waals surface area contributed by atoms with Gasteiger partial charge in [0.15, 0.2) is 5.58 Å². The number of nitrogens with two attached hydrogens (primary N) is 1. The molecule has 2 heterocycles. The molecule has 0 saturated carbocycles. The number of oxazole rings is 1. The highest BCUT2D eigenvalue weighted by Crippen LogP contribution is 2.36. The first-order valence-electron chi connectivity index (χ1n) is 6.16. The van der Waals surface area contributed by atoms with E-state index in [4.69, 9.17) is 14.9 Å². The molecule has 96 valence electrons. The molecule has 1 saturated heterocycles. The Morgan fingerprint density at radius 2 is 2.33 bits per heavy atom. The molecular formula is C13H15BrN2O2. The Morgan fingerprint density at radius 1 is 1.50 bits per heavy atom. The molecule has 18 heavy (non-hydrogen) atoms. The van der Waals surface area contributed by atoms with Gasteiger partial charge in [-0.3, -0.25) is 0 Å². The first kappa shape index (κ1) is 12.0. The third-order valence-electron chi connectivity index (χ3n) is 3.43. The standard InChI is InChI=1S/C13H15BrN2O2/c1-2-11-8(3-4-17-11)13-16-10-6-7(14)5-9(15)12(10)18-13/h5-6,8,11H,2-4,15H2,1H3. The van der Waals surface area contributed by atoms with E-state index in [0.717, 1.165) is 35.3 Å². The fraction of sp³-hybridized carbons (Fsp3) is 0.462. The molecule has 2 aromatic rings. The van der Waals surface area contributed by atoms with Crippen LogP contribution < -0.4 is 5.73 Å². The van der Waals surface area contributed by atoms with E-state index in [0.29, 0.717) is 11.3 Å². The van der Waals surface area contributed by atoms with Crippen molar-refractivity contribution in [1.82, 2.24) is 4.98 Å². The largest absolute Gasteiger partial charge is 0.438 e. The number of rotatable bonds is 2. The van der Waals surface area contributed by atoms with Crippen LogP contribution >= 0.6 is 15.9 Å². The third kappa shape index (κ3) is 1.91. The van der Waals surface area contributed by atoms with Crippen LogP contribution in [0, 0.1) is 0 Å². The minimum Gasteiger partial charge on any atom is -0.438 e. The molecule has 3 rings (SSSR count). The van der Waals surface area contributed by atoms with Gasteiger partial charge in [0.05, 0.1) is 17.7 Å². The van der Waals surface area contributed by atoms with E-state index in [-0.39, 0.29) is 12.0 Å². The first-order valence-corrected chi connectivity index (χ1v) is 6.95. The minimum atomic E-state index is 0.211. The average Bonchev–Trinajstić information content (AvgIpc) is 2.92. The highest BCUT2D eigenvalue weighted by Gasteiger charge is 2.32. The highest BCUT2D eigenvalue weighted by molar-refractivity contribution is 9.10. The third-order valence-corrected chi connectivity index (χ3v) is 3.89. The maximum atomic E-state index is 5.94. The summed E-state index contributed by atoms with van der Waals surface area (Å²) in [5.41, 5.74) is 8.04. The van der Waals surface area contributed by atoms with E-state index in [1.54, 1.807) is 0 Å². The summed E-state index contributed by atoms with van der Waals surface area (Å²) in [4.78, 5) is 4.56. The van der Waals surface area contributed by atoms with Crippen LogP contribution in [-0.4, -0.2) is 17.7 Å². The molecule has 5 heteroatoms. The molecule has 0 spiro atoms. The van der Waals surface area contributed by atoms with Crippen molar-refractivity contribution < 1.29 is 9.15 Å². The lowest BCUT2D eigenvalue weighted by Crippen LogP contribution is -2.12. The summed E-state index contributed by atoms with van der Waals surface area (Å²) in [6.07, 6.45) is 2.15. The molecule has 1 aromatic heterocycles. The molecule has 0 radical (unpaired) electrons. The second kappa shape index (κ2) is 4.55. The predicted molar refractivity (Wildman–Crippen MR) is 73.5 cm³/mol. The lowest BCUT2D eigenvalue weighted by atomic mass is 10.00. The molecular weight excluding hydrogens is 296 g/mol.